The SMILES string of the molecule is CS(=O)(=O)c1ccc(C=CN2CCC(N3CCc4ccccc43)CC2)cc1. The summed E-state index contributed by atoms with van der Waals surface area (Å²) in [4.78, 5) is 5.33. The Morgan fingerprint density at radius 3 is 2.37 bits per heavy atom. The number of sulfone groups is 1. The molecule has 0 saturated carbocycles. The number of rotatable bonds is 4. The number of fused-ring (bicyclic) bond motifs is 1. The van der Waals surface area contributed by atoms with Gasteiger partial charge in [0.1, 0.15) is 0 Å². The molecule has 0 amide bonds. The van der Waals surface area contributed by atoms with Crippen LogP contribution in [0.4, 0.5) is 5.69 Å². The van der Waals surface area contributed by atoms with Gasteiger partial charge in [0, 0.05) is 37.6 Å². The van der Waals surface area contributed by atoms with Crippen LogP contribution in [0.3, 0.4) is 0 Å². The van der Waals surface area contributed by atoms with Gasteiger partial charge in [0.2, 0.25) is 0 Å². The van der Waals surface area contributed by atoms with Gasteiger partial charge in [0.15, 0.2) is 9.84 Å². The predicted molar refractivity (Wildman–Crippen MR) is 111 cm³/mol. The Balaban J connectivity index is 1.34. The van der Waals surface area contributed by atoms with Crippen molar-refractivity contribution in [3.63, 3.8) is 0 Å². The van der Waals surface area contributed by atoms with Crippen LogP contribution in [-0.2, 0) is 16.3 Å². The van der Waals surface area contributed by atoms with E-state index in [-0.39, 0.29) is 0 Å². The van der Waals surface area contributed by atoms with E-state index in [0.29, 0.717) is 10.9 Å². The third-order valence-electron chi connectivity index (χ3n) is 5.65. The Hall–Kier alpha value is -2.27. The molecule has 2 aliphatic heterocycles. The van der Waals surface area contributed by atoms with Gasteiger partial charge in [-0.25, -0.2) is 8.42 Å². The van der Waals surface area contributed by atoms with Crippen LogP contribution >= 0.6 is 0 Å². The highest BCUT2D eigenvalue weighted by Crippen LogP contribution is 2.32. The monoisotopic (exact) mass is 382 g/mol. The van der Waals surface area contributed by atoms with Crippen LogP contribution < -0.4 is 4.90 Å². The van der Waals surface area contributed by atoms with Gasteiger partial charge >= 0.3 is 0 Å². The molecule has 1 fully saturated rings. The fraction of sp³-hybridized carbons (Fsp3) is 0.364. The van der Waals surface area contributed by atoms with E-state index < -0.39 is 9.84 Å². The standard InChI is InChI=1S/C22H26N2O2S/c1-27(25,26)21-8-6-18(7-9-21)10-14-23-15-12-20(13-16-23)24-17-11-19-4-2-3-5-22(19)24/h2-10,14,20H,11-13,15-17H2,1H3. The minimum Gasteiger partial charge on any atom is -0.377 e. The van der Waals surface area contributed by atoms with Crippen LogP contribution in [-0.4, -0.2) is 45.2 Å². The summed E-state index contributed by atoms with van der Waals surface area (Å²) >= 11 is 0. The summed E-state index contributed by atoms with van der Waals surface area (Å²) in [5, 5.41) is 0. The van der Waals surface area contributed by atoms with Crippen molar-refractivity contribution in [2.75, 3.05) is 30.8 Å². The molecule has 2 heterocycles. The predicted octanol–water partition coefficient (Wildman–Crippen LogP) is 3.59. The third-order valence-corrected chi connectivity index (χ3v) is 6.78. The molecule has 0 aromatic heterocycles. The topological polar surface area (TPSA) is 40.6 Å². The Morgan fingerprint density at radius 2 is 1.67 bits per heavy atom. The van der Waals surface area contributed by atoms with E-state index in [0.717, 1.165) is 25.2 Å². The average molecular weight is 383 g/mol. The van der Waals surface area contributed by atoms with Crippen molar-refractivity contribution in [2.24, 2.45) is 0 Å². The Kier molecular flexibility index (Phi) is 4.96. The van der Waals surface area contributed by atoms with Gasteiger partial charge in [-0.2, -0.15) is 0 Å². The van der Waals surface area contributed by atoms with Gasteiger partial charge < -0.3 is 9.80 Å². The average Bonchev–Trinajstić information content (AvgIpc) is 3.11. The van der Waals surface area contributed by atoms with Gasteiger partial charge in [-0.15, -0.1) is 0 Å². The number of likely N-dealkylation sites (tertiary alicyclic amines) is 1. The molecule has 0 radical (unpaired) electrons. The molecule has 5 heteroatoms. The van der Waals surface area contributed by atoms with Crippen molar-refractivity contribution in [2.45, 2.75) is 30.2 Å². The van der Waals surface area contributed by atoms with Crippen LogP contribution in [0, 0.1) is 0 Å². The molecule has 4 rings (SSSR count). The molecule has 142 valence electrons. The summed E-state index contributed by atoms with van der Waals surface area (Å²) in [5.74, 6) is 0. The second kappa shape index (κ2) is 7.39. The summed E-state index contributed by atoms with van der Waals surface area (Å²) < 4.78 is 23.1. The molecule has 0 atom stereocenters. The molecule has 2 aromatic rings. The number of nitrogens with zero attached hydrogens (tertiary/aromatic N) is 2. The largest absolute Gasteiger partial charge is 0.377 e. The van der Waals surface area contributed by atoms with Crippen LogP contribution in [0.1, 0.15) is 24.0 Å². The molecule has 0 spiro atoms. The molecule has 0 aliphatic carbocycles. The van der Waals surface area contributed by atoms with Crippen molar-refractivity contribution in [1.82, 2.24) is 4.90 Å². The molecule has 4 nitrogen and oxygen atoms in total. The van der Waals surface area contributed by atoms with E-state index in [1.54, 1.807) is 12.1 Å². The summed E-state index contributed by atoms with van der Waals surface area (Å²) in [5.41, 5.74) is 3.94. The molecule has 27 heavy (non-hydrogen) atoms. The summed E-state index contributed by atoms with van der Waals surface area (Å²) in [6.45, 7) is 3.26. The summed E-state index contributed by atoms with van der Waals surface area (Å²) in [7, 11) is -3.13. The third kappa shape index (κ3) is 4.03. The second-order valence-corrected chi connectivity index (χ2v) is 9.51. The maximum absolute atomic E-state index is 11.5. The Bertz CT molecular complexity index is 927. The van der Waals surface area contributed by atoms with E-state index in [9.17, 15) is 8.42 Å². The van der Waals surface area contributed by atoms with Crippen LogP contribution in [0.15, 0.2) is 59.6 Å². The Labute approximate surface area is 162 Å². The first kappa shape index (κ1) is 18.1. The van der Waals surface area contributed by atoms with Crippen LogP contribution in [0.2, 0.25) is 0 Å². The van der Waals surface area contributed by atoms with E-state index in [4.69, 9.17) is 0 Å². The molecule has 0 unspecified atom stereocenters. The number of hydrogen-bond acceptors (Lipinski definition) is 4. The lowest BCUT2D eigenvalue weighted by Crippen LogP contribution is -2.42. The number of hydrogen-bond donors (Lipinski definition) is 0. The first-order chi connectivity index (χ1) is 13.0. The first-order valence-electron chi connectivity index (χ1n) is 9.58. The molecule has 0 bridgehead atoms. The Morgan fingerprint density at radius 1 is 0.963 bits per heavy atom. The summed E-state index contributed by atoms with van der Waals surface area (Å²) in [6, 6.07) is 16.5. The summed E-state index contributed by atoms with van der Waals surface area (Å²) in [6.07, 6.45) is 8.96. The van der Waals surface area contributed by atoms with E-state index in [1.807, 2.05) is 12.1 Å². The lowest BCUT2D eigenvalue weighted by molar-refractivity contribution is 0.280. The first-order valence-corrected chi connectivity index (χ1v) is 11.5. The molecular weight excluding hydrogens is 356 g/mol. The maximum atomic E-state index is 11.5. The number of piperidine rings is 1. The lowest BCUT2D eigenvalue weighted by Gasteiger charge is -2.37. The molecule has 2 aliphatic rings. The molecule has 0 N–H and O–H groups in total. The number of anilines is 1. The highest BCUT2D eigenvalue weighted by molar-refractivity contribution is 7.90. The van der Waals surface area contributed by atoms with Crippen LogP contribution in [0.5, 0.6) is 0 Å². The van der Waals surface area contributed by atoms with Gasteiger partial charge in [0.25, 0.3) is 0 Å². The lowest BCUT2D eigenvalue weighted by atomic mass is 10.0. The van der Waals surface area contributed by atoms with Gasteiger partial charge in [0.05, 0.1) is 4.90 Å². The van der Waals surface area contributed by atoms with Gasteiger partial charge in [-0.3, -0.25) is 0 Å². The van der Waals surface area contributed by atoms with E-state index in [2.05, 4.69) is 46.3 Å². The van der Waals surface area contributed by atoms with Crippen molar-refractivity contribution < 1.29 is 8.42 Å². The van der Waals surface area contributed by atoms with Crippen LogP contribution in [0.25, 0.3) is 6.08 Å². The zero-order valence-corrected chi connectivity index (χ0v) is 16.5. The molecule has 1 saturated heterocycles. The fourth-order valence-corrected chi connectivity index (χ4v) is 4.74. The maximum Gasteiger partial charge on any atom is 0.175 e. The second-order valence-electron chi connectivity index (χ2n) is 7.50. The quantitative estimate of drug-likeness (QED) is 0.810. The number of benzene rings is 2. The molecular formula is C22H26N2O2S. The normalized spacial score (nSPS) is 18.3. The fourth-order valence-electron chi connectivity index (χ4n) is 4.11. The zero-order valence-electron chi connectivity index (χ0n) is 15.7. The van der Waals surface area contributed by atoms with Gasteiger partial charge in [-0.05, 0) is 60.9 Å². The van der Waals surface area contributed by atoms with Crippen molar-refractivity contribution >= 4 is 21.6 Å². The van der Waals surface area contributed by atoms with Crippen molar-refractivity contribution in [3.8, 4) is 0 Å². The van der Waals surface area contributed by atoms with Crippen molar-refractivity contribution in [3.05, 3.63) is 65.9 Å². The van der Waals surface area contributed by atoms with Gasteiger partial charge in [-0.1, -0.05) is 30.3 Å². The smallest absolute Gasteiger partial charge is 0.175 e. The van der Waals surface area contributed by atoms with Crippen molar-refractivity contribution in [1.29, 1.82) is 0 Å². The minimum atomic E-state index is -3.13. The molecule has 2 aromatic carbocycles. The number of para-hydroxylation sites is 1. The highest BCUT2D eigenvalue weighted by atomic mass is 32.2. The van der Waals surface area contributed by atoms with E-state index >= 15 is 0 Å². The minimum absolute atomic E-state index is 0.367. The van der Waals surface area contributed by atoms with E-state index in [1.165, 1.54) is 36.8 Å². The zero-order chi connectivity index (χ0) is 18.9. The highest BCUT2D eigenvalue weighted by Gasteiger charge is 2.28.